The maximum Gasteiger partial charge on any atom is 0.277 e. The van der Waals surface area contributed by atoms with Crippen molar-refractivity contribution in [1.29, 1.82) is 0 Å². The van der Waals surface area contributed by atoms with Crippen LogP contribution in [-0.4, -0.2) is 101 Å². The number of hydroxylamine groups is 2. The number of aryl methyl sites for hydroxylation is 1. The largest absolute Gasteiger partial charge is 0.489 e. The third-order valence-electron chi connectivity index (χ3n) is 13.2. The monoisotopic (exact) mass is 1040 g/mol. The molecule has 4 aromatic rings. The van der Waals surface area contributed by atoms with Crippen molar-refractivity contribution in [2.24, 2.45) is 16.2 Å². The van der Waals surface area contributed by atoms with Crippen molar-refractivity contribution in [1.82, 2.24) is 25.6 Å². The van der Waals surface area contributed by atoms with Crippen molar-refractivity contribution >= 4 is 56.6 Å². The molecule has 2 heterocycles. The van der Waals surface area contributed by atoms with E-state index < -0.39 is 46.2 Å². The third kappa shape index (κ3) is 12.3. The molecule has 16 heteroatoms. The number of halogens is 1. The van der Waals surface area contributed by atoms with E-state index >= 15 is 0 Å². The molecule has 6 rings (SSSR count). The zero-order chi connectivity index (χ0) is 51.1. The molecule has 3 N–H and O–H groups in total. The minimum Gasteiger partial charge on any atom is -0.489 e. The van der Waals surface area contributed by atoms with Crippen molar-refractivity contribution in [3.63, 3.8) is 0 Å². The predicted molar refractivity (Wildman–Crippen MR) is 274 cm³/mol. The number of unbranched alkanes of at least 4 members (excludes halogenated alkanes) is 2. The van der Waals surface area contributed by atoms with Gasteiger partial charge in [-0.2, -0.15) is 0 Å². The summed E-state index contributed by atoms with van der Waals surface area (Å²) < 4.78 is 12.8. The number of amides is 4. The molecule has 2 fully saturated rings. The SMILES string of the molecule is [C-]#[N+]c1ccc(OC2C(C)(C)C(N(OC)C(=O)c3ccc(C#CCCCCOCC(=O)N[C@H](C(=O)N4C[C@H](O)C[C@H]4C(=O)N[C@@H](C)c4ccc(-c5scnc5C)cc4)C(C)(C)C)cc3)C2(C)C)cc1Br. The Morgan fingerprint density at radius 2 is 1.71 bits per heavy atom. The highest BCUT2D eigenvalue weighted by atomic mass is 79.9. The van der Waals surface area contributed by atoms with Gasteiger partial charge in [0.25, 0.3) is 5.91 Å². The molecule has 1 aromatic heterocycles. The van der Waals surface area contributed by atoms with Gasteiger partial charge in [-0.1, -0.05) is 107 Å². The molecule has 3 aromatic carbocycles. The van der Waals surface area contributed by atoms with Gasteiger partial charge in [0.2, 0.25) is 23.4 Å². The highest BCUT2D eigenvalue weighted by molar-refractivity contribution is 9.10. The summed E-state index contributed by atoms with van der Waals surface area (Å²) in [6.07, 6.45) is 0.951. The number of ether oxygens (including phenoxy) is 2. The number of aliphatic hydroxyl groups is 1. The molecular formula is C54H65BrN6O8S. The Morgan fingerprint density at radius 1 is 1.03 bits per heavy atom. The number of carbonyl (C=O) groups is 4. The van der Waals surface area contributed by atoms with Crippen molar-refractivity contribution in [2.75, 3.05) is 26.9 Å². The fourth-order valence-corrected chi connectivity index (χ4v) is 11.2. The Hall–Kier alpha value is -5.62. The van der Waals surface area contributed by atoms with Crippen LogP contribution in [-0.2, 0) is 24.0 Å². The number of β-amino-alcohol motifs (C(OH)–C–C–N with tert-alkyl or cyclic N) is 1. The van der Waals surface area contributed by atoms with Gasteiger partial charge in [0.1, 0.15) is 30.5 Å². The molecule has 0 bridgehead atoms. The molecule has 1 saturated carbocycles. The van der Waals surface area contributed by atoms with Gasteiger partial charge >= 0.3 is 0 Å². The zero-order valence-corrected chi connectivity index (χ0v) is 44.1. The Bertz CT molecular complexity index is 2610. The summed E-state index contributed by atoms with van der Waals surface area (Å²) in [6, 6.07) is 17.8. The Labute approximate surface area is 424 Å². The molecule has 372 valence electrons. The summed E-state index contributed by atoms with van der Waals surface area (Å²) in [5.41, 5.74) is 4.81. The summed E-state index contributed by atoms with van der Waals surface area (Å²) in [5.74, 6) is 5.43. The Morgan fingerprint density at radius 3 is 2.31 bits per heavy atom. The summed E-state index contributed by atoms with van der Waals surface area (Å²) in [4.78, 5) is 70.8. The number of hydrogen-bond donors (Lipinski definition) is 3. The smallest absolute Gasteiger partial charge is 0.277 e. The Balaban J connectivity index is 0.932. The van der Waals surface area contributed by atoms with Crippen LogP contribution in [0.5, 0.6) is 5.75 Å². The molecule has 4 atom stereocenters. The molecule has 1 saturated heterocycles. The number of hydrogen-bond acceptors (Lipinski definition) is 10. The molecular weight excluding hydrogens is 973 g/mol. The Kier molecular flexibility index (Phi) is 17.4. The number of rotatable bonds is 17. The van der Waals surface area contributed by atoms with Gasteiger partial charge in [-0.05, 0) is 79.6 Å². The van der Waals surface area contributed by atoms with E-state index in [0.29, 0.717) is 40.9 Å². The summed E-state index contributed by atoms with van der Waals surface area (Å²) in [6.45, 7) is 25.0. The topological polar surface area (TPSA) is 164 Å². The fraction of sp³-hybridized carbons (Fsp3) is 0.481. The second kappa shape index (κ2) is 22.6. The van der Waals surface area contributed by atoms with Crippen molar-refractivity contribution < 1.29 is 38.6 Å². The third-order valence-corrected chi connectivity index (χ3v) is 14.8. The van der Waals surface area contributed by atoms with E-state index in [1.807, 2.05) is 76.5 Å². The van der Waals surface area contributed by atoms with Crippen LogP contribution >= 0.6 is 27.3 Å². The molecule has 1 aliphatic carbocycles. The van der Waals surface area contributed by atoms with Crippen LogP contribution < -0.4 is 15.4 Å². The first-order valence-corrected chi connectivity index (χ1v) is 25.2. The number of likely N-dealkylation sites (tertiary alicyclic amines) is 1. The lowest BCUT2D eigenvalue weighted by molar-refractivity contribution is -0.273. The van der Waals surface area contributed by atoms with Gasteiger partial charge in [0.05, 0.1) is 48.0 Å². The average Bonchev–Trinajstić information content (AvgIpc) is 3.94. The second-order valence-electron chi connectivity index (χ2n) is 20.4. The van der Waals surface area contributed by atoms with Gasteiger partial charge in [-0.15, -0.1) is 11.3 Å². The molecule has 2 aliphatic rings. The maximum absolute atomic E-state index is 14.1. The van der Waals surface area contributed by atoms with Gasteiger partial charge in [0, 0.05) is 52.4 Å². The minimum atomic E-state index is -0.966. The van der Waals surface area contributed by atoms with Crippen molar-refractivity contribution in [3.8, 4) is 28.0 Å². The molecule has 14 nitrogen and oxygen atoms in total. The molecule has 4 amide bonds. The predicted octanol–water partition coefficient (Wildman–Crippen LogP) is 9.23. The summed E-state index contributed by atoms with van der Waals surface area (Å²) >= 11 is 5.02. The van der Waals surface area contributed by atoms with Gasteiger partial charge in [0.15, 0.2) is 0 Å². The quantitative estimate of drug-likeness (QED) is 0.0405. The minimum absolute atomic E-state index is 0.0215. The van der Waals surface area contributed by atoms with E-state index in [0.717, 1.165) is 33.7 Å². The maximum atomic E-state index is 14.1. The number of aromatic nitrogens is 1. The molecule has 0 radical (unpaired) electrons. The van der Waals surface area contributed by atoms with Crippen LogP contribution in [0.4, 0.5) is 5.69 Å². The van der Waals surface area contributed by atoms with Crippen LogP contribution in [0.1, 0.15) is 114 Å². The van der Waals surface area contributed by atoms with E-state index in [9.17, 15) is 24.3 Å². The van der Waals surface area contributed by atoms with Crippen LogP contribution in [0.3, 0.4) is 0 Å². The van der Waals surface area contributed by atoms with E-state index in [-0.39, 0.29) is 49.6 Å². The number of nitrogens with zero attached hydrogens (tertiary/aromatic N) is 4. The van der Waals surface area contributed by atoms with Gasteiger partial charge in [-0.25, -0.2) is 14.9 Å². The summed E-state index contributed by atoms with van der Waals surface area (Å²) in [7, 11) is 1.50. The van der Waals surface area contributed by atoms with Crippen LogP contribution in [0.2, 0.25) is 0 Å². The van der Waals surface area contributed by atoms with E-state index in [1.165, 1.54) is 17.1 Å². The first-order valence-electron chi connectivity index (χ1n) is 23.5. The lowest BCUT2D eigenvalue weighted by atomic mass is 9.49. The van der Waals surface area contributed by atoms with Crippen LogP contribution in [0, 0.1) is 41.6 Å². The number of benzene rings is 3. The highest BCUT2D eigenvalue weighted by Gasteiger charge is 2.67. The molecule has 1 aliphatic heterocycles. The molecule has 0 spiro atoms. The average molecular weight is 1040 g/mol. The highest BCUT2D eigenvalue weighted by Crippen LogP contribution is 2.58. The van der Waals surface area contributed by atoms with Gasteiger partial charge < -0.3 is 30.1 Å². The number of aliphatic hydroxyl groups excluding tert-OH is 1. The normalized spacial score (nSPS) is 19.9. The van der Waals surface area contributed by atoms with Crippen LogP contribution in [0.25, 0.3) is 15.3 Å². The van der Waals surface area contributed by atoms with Crippen molar-refractivity contribution in [3.05, 3.63) is 111 Å². The molecule has 70 heavy (non-hydrogen) atoms. The second-order valence-corrected chi connectivity index (χ2v) is 22.1. The van der Waals surface area contributed by atoms with E-state index in [4.69, 9.17) is 20.9 Å². The lowest BCUT2D eigenvalue weighted by Gasteiger charge is -2.64. The first-order chi connectivity index (χ1) is 33.1. The number of thiazole rings is 1. The number of nitrogens with one attached hydrogen (secondary N) is 2. The fourth-order valence-electron chi connectivity index (χ4n) is 9.90. The zero-order valence-electron chi connectivity index (χ0n) is 41.7. The van der Waals surface area contributed by atoms with Crippen molar-refractivity contribution in [2.45, 2.75) is 124 Å². The first kappa shape index (κ1) is 53.7. The van der Waals surface area contributed by atoms with Crippen LogP contribution in [0.15, 0.2) is 76.7 Å². The number of carbonyl (C=O) groups excluding carboxylic acids is 4. The van der Waals surface area contributed by atoms with E-state index in [2.05, 4.69) is 75.9 Å². The molecule has 0 unspecified atom stereocenters. The summed E-state index contributed by atoms with van der Waals surface area (Å²) in [5, 5.41) is 17.9. The lowest BCUT2D eigenvalue weighted by Crippen LogP contribution is -2.75. The van der Waals surface area contributed by atoms with E-state index in [1.54, 1.807) is 41.7 Å². The van der Waals surface area contributed by atoms with Gasteiger partial charge in [-0.3, -0.25) is 24.0 Å². The standard InChI is InChI=1S/C54H65BrN6O8S/c1-33(36-21-23-37(24-22-36)45-34(2)57-32-70-45)58-47(64)43-28-39(62)30-60(43)49(66)46(52(3,4)5)59-44(63)31-68-27-15-13-12-14-16-35-17-19-38(20-18-35)48(65)61(67-11)50-53(6,7)51(54(50,8)9)69-40-25-26-42(56-10)41(55)29-40/h17-26,29,32-33,39,43,46,50-51,62H,12-13,15,27-28,30-31H2,1-9,11H3,(H,58,64)(H,59,63)/t33-,39+,43-,46+,50?,51?/m0/s1.